The largest absolute Gasteiger partial charge is 0.379 e. The van der Waals surface area contributed by atoms with Gasteiger partial charge in [-0.3, -0.25) is 19.4 Å². The van der Waals surface area contributed by atoms with Crippen LogP contribution in [0.5, 0.6) is 0 Å². The number of amides is 2. The fraction of sp³-hybridized carbons (Fsp3) is 0.636. The molecule has 3 heterocycles. The minimum atomic E-state index is -3.57. The average Bonchev–Trinajstić information content (AvgIpc) is 3.19. The summed E-state index contributed by atoms with van der Waals surface area (Å²) in [5.74, 6) is -0.450. The third kappa shape index (κ3) is 4.83. The molecule has 2 fully saturated rings. The lowest BCUT2D eigenvalue weighted by molar-refractivity contribution is -0.125. The maximum Gasteiger partial charge on any atom is 0.243 e. The summed E-state index contributed by atoms with van der Waals surface area (Å²) in [4.78, 5) is 29.2. The van der Waals surface area contributed by atoms with Crippen LogP contribution in [0.2, 0.25) is 0 Å². The van der Waals surface area contributed by atoms with Crippen molar-refractivity contribution in [3.8, 4) is 0 Å². The highest BCUT2D eigenvalue weighted by molar-refractivity contribution is 7.89. The third-order valence-corrected chi connectivity index (χ3v) is 8.36. The van der Waals surface area contributed by atoms with Crippen molar-refractivity contribution in [3.05, 3.63) is 23.8 Å². The fourth-order valence-electron chi connectivity index (χ4n) is 4.72. The molecule has 9 nitrogen and oxygen atoms in total. The Kier molecular flexibility index (Phi) is 7.14. The lowest BCUT2D eigenvalue weighted by Gasteiger charge is -2.27. The van der Waals surface area contributed by atoms with Gasteiger partial charge in [-0.1, -0.05) is 6.42 Å². The zero-order chi connectivity index (χ0) is 22.7. The molecule has 10 heteroatoms. The number of morpholine rings is 1. The van der Waals surface area contributed by atoms with Crippen LogP contribution in [0.15, 0.2) is 23.1 Å². The number of carbonyl (C=O) groups is 2. The molecule has 0 saturated carbocycles. The number of sulfonamides is 1. The quantitative estimate of drug-likeness (QED) is 0.662. The van der Waals surface area contributed by atoms with E-state index in [0.29, 0.717) is 50.5 Å². The molecule has 3 aliphatic heterocycles. The summed E-state index contributed by atoms with van der Waals surface area (Å²) in [5, 5.41) is 2.95. The summed E-state index contributed by atoms with van der Waals surface area (Å²) >= 11 is 0. The van der Waals surface area contributed by atoms with Crippen LogP contribution in [0.4, 0.5) is 5.69 Å². The van der Waals surface area contributed by atoms with E-state index in [2.05, 4.69) is 10.2 Å². The molecule has 176 valence electrons. The highest BCUT2D eigenvalue weighted by atomic mass is 32.2. The maximum atomic E-state index is 13.1. The second-order valence-corrected chi connectivity index (χ2v) is 10.5. The Balaban J connectivity index is 1.46. The van der Waals surface area contributed by atoms with Gasteiger partial charge in [0, 0.05) is 58.3 Å². The first-order valence-corrected chi connectivity index (χ1v) is 12.8. The number of nitrogens with one attached hydrogen (secondary N) is 1. The van der Waals surface area contributed by atoms with E-state index in [-0.39, 0.29) is 16.7 Å². The lowest BCUT2D eigenvalue weighted by Crippen LogP contribution is -2.49. The number of fused-ring (bicyclic) bond motifs is 1. The number of anilines is 1. The molecule has 32 heavy (non-hydrogen) atoms. The van der Waals surface area contributed by atoms with Crippen LogP contribution in [0.1, 0.15) is 31.7 Å². The number of carbonyl (C=O) groups excluding carboxylic acids is 2. The number of hydrogen-bond acceptors (Lipinski definition) is 6. The number of hydrogen-bond donors (Lipinski definition) is 1. The monoisotopic (exact) mass is 464 g/mol. The van der Waals surface area contributed by atoms with E-state index in [1.165, 1.54) is 16.1 Å². The molecule has 0 bridgehead atoms. The smallest absolute Gasteiger partial charge is 0.243 e. The van der Waals surface area contributed by atoms with E-state index in [0.717, 1.165) is 38.9 Å². The summed E-state index contributed by atoms with van der Waals surface area (Å²) in [5.41, 5.74) is 1.33. The summed E-state index contributed by atoms with van der Waals surface area (Å²) in [6, 6.07) is 4.18. The molecule has 1 aromatic carbocycles. The molecule has 0 aromatic heterocycles. The molecule has 4 rings (SSSR count). The van der Waals surface area contributed by atoms with Gasteiger partial charge in [0.05, 0.1) is 18.1 Å². The van der Waals surface area contributed by atoms with Crippen molar-refractivity contribution in [2.75, 3.05) is 57.4 Å². The molecule has 1 N–H and O–H groups in total. The molecule has 1 unspecified atom stereocenters. The number of rotatable bonds is 6. The van der Waals surface area contributed by atoms with Crippen molar-refractivity contribution in [2.24, 2.45) is 0 Å². The first kappa shape index (κ1) is 23.2. The zero-order valence-electron chi connectivity index (χ0n) is 18.6. The number of ether oxygens (including phenoxy) is 1. The molecule has 1 aromatic rings. The van der Waals surface area contributed by atoms with Crippen LogP contribution >= 0.6 is 0 Å². The number of benzene rings is 1. The third-order valence-electron chi connectivity index (χ3n) is 6.46. The van der Waals surface area contributed by atoms with Crippen molar-refractivity contribution in [1.82, 2.24) is 14.5 Å². The first-order valence-electron chi connectivity index (χ1n) is 11.4. The van der Waals surface area contributed by atoms with Crippen molar-refractivity contribution in [1.29, 1.82) is 0 Å². The Morgan fingerprint density at radius 3 is 2.50 bits per heavy atom. The van der Waals surface area contributed by atoms with E-state index in [1.54, 1.807) is 18.2 Å². The molecule has 1 atom stereocenters. The molecule has 2 amide bonds. The maximum absolute atomic E-state index is 13.1. The van der Waals surface area contributed by atoms with Crippen molar-refractivity contribution < 1.29 is 22.7 Å². The SMILES string of the molecule is CC(=O)N1c2ccc(S(=O)(=O)N3CCCCC3)cc2CC1C(=O)NCCN1CCOCC1. The summed E-state index contributed by atoms with van der Waals surface area (Å²) in [6.45, 7) is 6.82. The topological polar surface area (TPSA) is 99.3 Å². The van der Waals surface area contributed by atoms with Crippen LogP contribution in [0.3, 0.4) is 0 Å². The Hall–Kier alpha value is -2.01. The zero-order valence-corrected chi connectivity index (χ0v) is 19.4. The fourth-order valence-corrected chi connectivity index (χ4v) is 6.29. The van der Waals surface area contributed by atoms with Gasteiger partial charge in [0.15, 0.2) is 0 Å². The highest BCUT2D eigenvalue weighted by Crippen LogP contribution is 2.35. The second-order valence-electron chi connectivity index (χ2n) is 8.61. The Morgan fingerprint density at radius 2 is 1.81 bits per heavy atom. The van der Waals surface area contributed by atoms with Crippen LogP contribution in [0.25, 0.3) is 0 Å². The van der Waals surface area contributed by atoms with Gasteiger partial charge >= 0.3 is 0 Å². The predicted octanol–water partition coefficient (Wildman–Crippen LogP) is 0.587. The van der Waals surface area contributed by atoms with E-state index < -0.39 is 16.1 Å². The van der Waals surface area contributed by atoms with E-state index in [4.69, 9.17) is 4.74 Å². The van der Waals surface area contributed by atoms with Crippen LogP contribution in [-0.2, 0) is 30.8 Å². The molecule has 0 radical (unpaired) electrons. The van der Waals surface area contributed by atoms with Gasteiger partial charge in [-0.25, -0.2) is 8.42 Å². The lowest BCUT2D eigenvalue weighted by atomic mass is 10.1. The van der Waals surface area contributed by atoms with Crippen LogP contribution < -0.4 is 10.2 Å². The van der Waals surface area contributed by atoms with Gasteiger partial charge in [0.1, 0.15) is 6.04 Å². The Morgan fingerprint density at radius 1 is 1.09 bits per heavy atom. The van der Waals surface area contributed by atoms with Gasteiger partial charge in [0.25, 0.3) is 0 Å². The van der Waals surface area contributed by atoms with E-state index >= 15 is 0 Å². The normalized spacial score (nSPS) is 22.5. The number of piperidine rings is 1. The molecule has 0 aliphatic carbocycles. The van der Waals surface area contributed by atoms with Crippen molar-refractivity contribution >= 4 is 27.5 Å². The standard InChI is InChI=1S/C22H32N4O5S/c1-17(27)26-20-6-5-19(32(29,30)25-8-3-2-4-9-25)15-18(20)16-21(26)22(28)23-7-10-24-11-13-31-14-12-24/h5-6,15,21H,2-4,7-14,16H2,1H3,(H,23,28). The summed E-state index contributed by atoms with van der Waals surface area (Å²) in [6.07, 6.45) is 3.09. The first-order chi connectivity index (χ1) is 15.4. The average molecular weight is 465 g/mol. The minimum absolute atomic E-state index is 0.218. The van der Waals surface area contributed by atoms with Gasteiger partial charge in [-0.15, -0.1) is 0 Å². The highest BCUT2D eigenvalue weighted by Gasteiger charge is 2.38. The van der Waals surface area contributed by atoms with E-state index in [9.17, 15) is 18.0 Å². The predicted molar refractivity (Wildman–Crippen MR) is 120 cm³/mol. The van der Waals surface area contributed by atoms with Gasteiger partial charge in [-0.05, 0) is 36.6 Å². The van der Waals surface area contributed by atoms with Crippen LogP contribution in [-0.4, -0.2) is 88.0 Å². The van der Waals surface area contributed by atoms with Crippen molar-refractivity contribution in [2.45, 2.75) is 43.5 Å². The summed E-state index contributed by atoms with van der Waals surface area (Å²) in [7, 11) is -3.57. The van der Waals surface area contributed by atoms with Gasteiger partial charge in [-0.2, -0.15) is 4.31 Å². The summed E-state index contributed by atoms with van der Waals surface area (Å²) < 4.78 is 33.0. The molecular formula is C22H32N4O5S. The minimum Gasteiger partial charge on any atom is -0.379 e. The van der Waals surface area contributed by atoms with Crippen molar-refractivity contribution in [3.63, 3.8) is 0 Å². The molecular weight excluding hydrogens is 432 g/mol. The Bertz CT molecular complexity index is 955. The second kappa shape index (κ2) is 9.86. The number of nitrogens with zero attached hydrogens (tertiary/aromatic N) is 3. The van der Waals surface area contributed by atoms with E-state index in [1.807, 2.05) is 0 Å². The van der Waals surface area contributed by atoms with Crippen LogP contribution in [0, 0.1) is 0 Å². The molecule has 2 saturated heterocycles. The van der Waals surface area contributed by atoms with Gasteiger partial charge < -0.3 is 10.1 Å². The Labute approximate surface area is 189 Å². The molecule has 3 aliphatic rings. The molecule has 0 spiro atoms. The van der Waals surface area contributed by atoms with Gasteiger partial charge in [0.2, 0.25) is 21.8 Å².